The minimum Gasteiger partial charge on any atom is -0.507 e. The second kappa shape index (κ2) is 8.09. The van der Waals surface area contributed by atoms with Crippen molar-refractivity contribution in [3.8, 4) is 22.8 Å². The quantitative estimate of drug-likeness (QED) is 0.780. The minimum absolute atomic E-state index is 0. The molecule has 0 amide bonds. The third-order valence-electron chi connectivity index (χ3n) is 4.12. The van der Waals surface area contributed by atoms with Crippen LogP contribution in [-0.4, -0.2) is 22.7 Å². The Bertz CT molecular complexity index is 724. The van der Waals surface area contributed by atoms with E-state index in [0.29, 0.717) is 18.2 Å². The van der Waals surface area contributed by atoms with Crippen molar-refractivity contribution in [1.29, 1.82) is 0 Å². The van der Waals surface area contributed by atoms with E-state index in [2.05, 4.69) is 64.0 Å². The third kappa shape index (κ3) is 5.46. The van der Waals surface area contributed by atoms with E-state index < -0.39 is 0 Å². The zero-order valence-electron chi connectivity index (χ0n) is 16.4. The van der Waals surface area contributed by atoms with Crippen LogP contribution in [0.25, 0.3) is 11.1 Å². The molecule has 0 saturated heterocycles. The fourth-order valence-electron chi connectivity index (χ4n) is 2.50. The zero-order valence-corrected chi connectivity index (χ0v) is 16.4. The summed E-state index contributed by atoms with van der Waals surface area (Å²) in [5, 5.41) is 14.3. The zero-order chi connectivity index (χ0) is 18.8. The Morgan fingerprint density at radius 1 is 1.08 bits per heavy atom. The summed E-state index contributed by atoms with van der Waals surface area (Å²) in [6.07, 6.45) is 1.74. The number of aromatic nitrogens is 1. The number of hydrogen-bond donors (Lipinski definition) is 2. The van der Waals surface area contributed by atoms with Gasteiger partial charge in [-0.15, -0.1) is 0 Å². The molecule has 26 heavy (non-hydrogen) atoms. The molecule has 0 aliphatic carbocycles. The Hall–Kier alpha value is -2.07. The van der Waals surface area contributed by atoms with Crippen LogP contribution in [0, 0.1) is 0 Å². The summed E-state index contributed by atoms with van der Waals surface area (Å²) in [4.78, 5) is 4.27. The van der Waals surface area contributed by atoms with Crippen molar-refractivity contribution in [2.75, 3.05) is 7.11 Å². The van der Waals surface area contributed by atoms with Crippen molar-refractivity contribution in [1.82, 2.24) is 10.3 Å². The molecule has 2 rings (SSSR count). The topological polar surface area (TPSA) is 54.4 Å². The molecular weight excluding hydrogens is 324 g/mol. The second-order valence-electron chi connectivity index (χ2n) is 8.47. The lowest BCUT2D eigenvalue weighted by Gasteiger charge is -2.25. The molecule has 0 aliphatic rings. The van der Waals surface area contributed by atoms with Crippen molar-refractivity contribution < 1.29 is 9.84 Å². The van der Waals surface area contributed by atoms with E-state index in [1.165, 1.54) is 5.56 Å². The van der Waals surface area contributed by atoms with E-state index in [1.807, 2.05) is 12.1 Å². The lowest BCUT2D eigenvalue weighted by Crippen LogP contribution is -2.35. The molecule has 4 nitrogen and oxygen atoms in total. The van der Waals surface area contributed by atoms with Crippen molar-refractivity contribution in [3.05, 3.63) is 41.6 Å². The van der Waals surface area contributed by atoms with Gasteiger partial charge in [0.1, 0.15) is 5.75 Å². The first-order valence-corrected chi connectivity index (χ1v) is 8.63. The molecule has 0 radical (unpaired) electrons. The van der Waals surface area contributed by atoms with Gasteiger partial charge in [-0.25, -0.2) is 4.98 Å². The highest BCUT2D eigenvalue weighted by Gasteiger charge is 2.20. The average molecular weight is 359 g/mol. The predicted octanol–water partition coefficient (Wildman–Crippen LogP) is 5.28. The number of nitrogens with zero attached hydrogens (tertiary/aromatic N) is 1. The van der Waals surface area contributed by atoms with Gasteiger partial charge in [0.05, 0.1) is 7.11 Å². The number of phenolic OH excluding ortho intramolecular Hbond substituents is 1. The van der Waals surface area contributed by atoms with Crippen LogP contribution in [-0.2, 0) is 12.0 Å². The minimum atomic E-state index is -0.0218. The van der Waals surface area contributed by atoms with Crippen molar-refractivity contribution in [3.63, 3.8) is 0 Å². The summed E-state index contributed by atoms with van der Waals surface area (Å²) in [7, 11) is 1.59. The van der Waals surface area contributed by atoms with Crippen LogP contribution >= 0.6 is 0 Å². The molecule has 0 fully saturated rings. The molecule has 0 saturated carbocycles. The maximum absolute atomic E-state index is 10.9. The van der Waals surface area contributed by atoms with Crippen molar-refractivity contribution in [2.45, 2.75) is 66.5 Å². The van der Waals surface area contributed by atoms with Crippen LogP contribution in [0.4, 0.5) is 0 Å². The van der Waals surface area contributed by atoms with E-state index in [1.54, 1.807) is 13.3 Å². The van der Waals surface area contributed by atoms with E-state index in [0.717, 1.165) is 16.7 Å². The van der Waals surface area contributed by atoms with E-state index in [4.69, 9.17) is 4.74 Å². The molecule has 0 atom stereocenters. The number of phenols is 1. The molecule has 1 aromatic carbocycles. The first-order chi connectivity index (χ1) is 11.5. The first-order valence-electron chi connectivity index (χ1n) is 8.63. The molecular formula is C22H34N2O2. The standard InChI is InChI=1S/C21H30N2O2.CH4/c1-20(2,3)16-10-15(13-23-21(4,5)6)19(24)17(11-16)14-8-9-18(25-7)22-12-14;/h8-12,23-24H,13H2,1-7H3;1H4. The Morgan fingerprint density at radius 2 is 1.73 bits per heavy atom. The highest BCUT2D eigenvalue weighted by atomic mass is 16.5. The lowest BCUT2D eigenvalue weighted by atomic mass is 9.83. The number of hydrogen-bond acceptors (Lipinski definition) is 4. The third-order valence-corrected chi connectivity index (χ3v) is 4.12. The molecule has 1 aromatic heterocycles. The number of nitrogens with one attached hydrogen (secondary N) is 1. The SMILES string of the molecule is C.COc1ccc(-c2cc(C(C)(C)C)cc(CNC(C)(C)C)c2O)cn1. The van der Waals surface area contributed by atoms with Crippen LogP contribution in [0.3, 0.4) is 0 Å². The maximum Gasteiger partial charge on any atom is 0.212 e. The molecule has 0 unspecified atom stereocenters. The molecule has 144 valence electrons. The van der Waals surface area contributed by atoms with Gasteiger partial charge in [0, 0.05) is 41.0 Å². The first kappa shape index (κ1) is 22.0. The van der Waals surface area contributed by atoms with E-state index >= 15 is 0 Å². The molecule has 1 heterocycles. The van der Waals surface area contributed by atoms with Gasteiger partial charge in [-0.1, -0.05) is 34.3 Å². The maximum atomic E-state index is 10.9. The summed E-state index contributed by atoms with van der Waals surface area (Å²) in [5.41, 5.74) is 3.72. The van der Waals surface area contributed by atoms with Crippen LogP contribution < -0.4 is 10.1 Å². The van der Waals surface area contributed by atoms with Crippen molar-refractivity contribution >= 4 is 0 Å². The van der Waals surface area contributed by atoms with Gasteiger partial charge in [0.15, 0.2) is 0 Å². The fraction of sp³-hybridized carbons (Fsp3) is 0.500. The molecule has 2 aromatic rings. The van der Waals surface area contributed by atoms with Gasteiger partial charge >= 0.3 is 0 Å². The summed E-state index contributed by atoms with van der Waals surface area (Å²) in [6, 6.07) is 7.88. The molecule has 0 bridgehead atoms. The number of pyridine rings is 1. The Morgan fingerprint density at radius 3 is 2.19 bits per heavy atom. The largest absolute Gasteiger partial charge is 0.507 e. The van der Waals surface area contributed by atoms with Crippen LogP contribution in [0.15, 0.2) is 30.5 Å². The fourth-order valence-corrected chi connectivity index (χ4v) is 2.50. The smallest absolute Gasteiger partial charge is 0.212 e. The molecule has 0 aliphatic heterocycles. The van der Waals surface area contributed by atoms with Crippen LogP contribution in [0.5, 0.6) is 11.6 Å². The number of methoxy groups -OCH3 is 1. The molecule has 4 heteroatoms. The monoisotopic (exact) mass is 358 g/mol. The number of benzene rings is 1. The summed E-state index contributed by atoms with van der Waals surface area (Å²) in [5.74, 6) is 0.863. The van der Waals surface area contributed by atoms with Gasteiger partial charge in [-0.3, -0.25) is 0 Å². The number of aromatic hydroxyl groups is 1. The highest BCUT2D eigenvalue weighted by Crippen LogP contribution is 2.37. The van der Waals surface area contributed by atoms with Crippen LogP contribution in [0.2, 0.25) is 0 Å². The second-order valence-corrected chi connectivity index (χ2v) is 8.47. The summed E-state index contributed by atoms with van der Waals surface area (Å²) in [6.45, 7) is 13.5. The van der Waals surface area contributed by atoms with Crippen LogP contribution in [0.1, 0.15) is 60.1 Å². The van der Waals surface area contributed by atoms with Gasteiger partial charge in [-0.2, -0.15) is 0 Å². The summed E-state index contributed by atoms with van der Waals surface area (Å²) >= 11 is 0. The average Bonchev–Trinajstić information content (AvgIpc) is 2.52. The van der Waals surface area contributed by atoms with Gasteiger partial charge in [0.25, 0.3) is 0 Å². The molecule has 0 spiro atoms. The highest BCUT2D eigenvalue weighted by molar-refractivity contribution is 5.72. The Balaban J connectivity index is 0.00000338. The van der Waals surface area contributed by atoms with Crippen molar-refractivity contribution in [2.24, 2.45) is 0 Å². The van der Waals surface area contributed by atoms with E-state index in [-0.39, 0.29) is 18.4 Å². The molecule has 2 N–H and O–H groups in total. The summed E-state index contributed by atoms with van der Waals surface area (Å²) < 4.78 is 5.13. The Kier molecular flexibility index (Phi) is 6.83. The van der Waals surface area contributed by atoms with Gasteiger partial charge in [0.2, 0.25) is 5.88 Å². The number of ether oxygens (including phenoxy) is 1. The normalized spacial score (nSPS) is 11.8. The predicted molar refractivity (Wildman–Crippen MR) is 110 cm³/mol. The lowest BCUT2D eigenvalue weighted by molar-refractivity contribution is 0.398. The number of rotatable bonds is 4. The van der Waals surface area contributed by atoms with E-state index in [9.17, 15) is 5.11 Å². The van der Waals surface area contributed by atoms with Gasteiger partial charge in [-0.05, 0) is 43.9 Å². The Labute approximate surface area is 158 Å². The van der Waals surface area contributed by atoms with Gasteiger partial charge < -0.3 is 15.2 Å².